The molecule has 6 rings (SSSR count). The van der Waals surface area contributed by atoms with Crippen LogP contribution in [0.1, 0.15) is 99.3 Å². The summed E-state index contributed by atoms with van der Waals surface area (Å²) >= 11 is 0. The number of piperidine rings is 1. The highest BCUT2D eigenvalue weighted by molar-refractivity contribution is 6.39. The van der Waals surface area contributed by atoms with Crippen LogP contribution in [0.2, 0.25) is 0 Å². The molecule has 1 amide bonds. The summed E-state index contributed by atoms with van der Waals surface area (Å²) in [4.78, 5) is 58.5. The monoisotopic (exact) mass is 923 g/mol. The molecule has 3 fully saturated rings. The molecule has 15 atom stereocenters. The summed E-state index contributed by atoms with van der Waals surface area (Å²) in [7, 11) is 6.56. The number of benzene rings is 1. The fraction of sp³-hybridized carbons (Fsp3) is 0.686. The topological polar surface area (TPSA) is 193 Å². The quantitative estimate of drug-likeness (QED) is 0.168. The largest absolute Gasteiger partial charge is 0.488 e. The molecule has 15 heteroatoms. The summed E-state index contributed by atoms with van der Waals surface area (Å²) in [5.74, 6) is -8.22. The van der Waals surface area contributed by atoms with Gasteiger partial charge in [0.05, 0.1) is 30.5 Å². The third-order valence-electron chi connectivity index (χ3n) is 15.1. The van der Waals surface area contributed by atoms with Crippen LogP contribution in [0.4, 0.5) is 0 Å². The Morgan fingerprint density at radius 3 is 2.33 bits per heavy atom. The van der Waals surface area contributed by atoms with E-state index >= 15 is 0 Å². The molecule has 1 aliphatic carbocycles. The van der Waals surface area contributed by atoms with Gasteiger partial charge >= 0.3 is 5.97 Å². The van der Waals surface area contributed by atoms with Gasteiger partial charge < -0.3 is 53.2 Å². The predicted octanol–water partition coefficient (Wildman–Crippen LogP) is 5.63. The molecule has 1 saturated carbocycles. The van der Waals surface area contributed by atoms with E-state index < -0.39 is 89.8 Å². The number of amides is 1. The number of aliphatic hydroxyl groups excluding tert-OH is 2. The average Bonchev–Trinajstić information content (AvgIpc) is 3.68. The van der Waals surface area contributed by atoms with E-state index in [0.717, 1.165) is 23.1 Å². The molecule has 66 heavy (non-hydrogen) atoms. The molecule has 4 heterocycles. The molecule has 3 N–H and O–H groups in total. The highest BCUT2D eigenvalue weighted by Gasteiger charge is 2.57. The number of rotatable bonds is 8. The molecular formula is C51H74N2O13. The van der Waals surface area contributed by atoms with Crippen molar-refractivity contribution in [3.63, 3.8) is 0 Å². The maximum atomic E-state index is 14.5. The van der Waals surface area contributed by atoms with Crippen molar-refractivity contribution in [3.8, 4) is 5.75 Å². The molecule has 4 aliphatic rings. The maximum Gasteiger partial charge on any atom is 0.329 e. The lowest BCUT2D eigenvalue weighted by atomic mass is 9.79. The van der Waals surface area contributed by atoms with Gasteiger partial charge in [-0.3, -0.25) is 14.4 Å². The van der Waals surface area contributed by atoms with Crippen molar-refractivity contribution < 1.29 is 62.9 Å². The molecule has 3 aliphatic heterocycles. The first-order valence-corrected chi connectivity index (χ1v) is 23.9. The minimum Gasteiger partial charge on any atom is -0.488 e. The van der Waals surface area contributed by atoms with E-state index in [2.05, 4.69) is 4.57 Å². The number of aryl methyl sites for hydroxylation is 1. The zero-order valence-electron chi connectivity index (χ0n) is 40.5. The van der Waals surface area contributed by atoms with Crippen LogP contribution < -0.4 is 4.74 Å². The number of aromatic nitrogens is 1. The van der Waals surface area contributed by atoms with Crippen LogP contribution in [-0.2, 0) is 49.9 Å². The van der Waals surface area contributed by atoms with Crippen molar-refractivity contribution in [2.45, 2.75) is 160 Å². The third kappa shape index (κ3) is 10.8. The van der Waals surface area contributed by atoms with E-state index in [-0.39, 0.29) is 49.7 Å². The van der Waals surface area contributed by atoms with Gasteiger partial charge in [-0.2, -0.15) is 0 Å². The summed E-state index contributed by atoms with van der Waals surface area (Å²) in [5.41, 5.74) is 2.25. The highest BCUT2D eigenvalue weighted by Crippen LogP contribution is 2.40. The minimum absolute atomic E-state index is 0.00798. The summed E-state index contributed by atoms with van der Waals surface area (Å²) in [6, 6.07) is 6.91. The number of hydrogen-bond donors (Lipinski definition) is 3. The number of fused-ring (bicyclic) bond motifs is 4. The van der Waals surface area contributed by atoms with Crippen LogP contribution in [0.15, 0.2) is 53.8 Å². The Balaban J connectivity index is 1.32. The van der Waals surface area contributed by atoms with Crippen LogP contribution in [0.5, 0.6) is 5.75 Å². The maximum absolute atomic E-state index is 14.5. The van der Waals surface area contributed by atoms with E-state index in [1.54, 1.807) is 40.9 Å². The number of cyclic esters (lactones) is 1. The average molecular weight is 923 g/mol. The number of aliphatic hydroxyl groups is 3. The standard InChI is InChI=1S/C51H74N2O13/c1-11-34-23-28(2)44(56)32(6)46(63-10)47-43(62-9)24-30(4)51(60,66-47)48(57)49(58)53-20-13-12-14-38(53)50(59)65-45(31(5)39(54)27-40(34)55)29(3)22-33-15-18-41(42(25-33)61-8)64-36-16-17-37-35(26-36)19-21-52(37)7/h16-17,19,21-23,26,30-34,38-39,41-47,54,56,60H,11-15,18,20,24-25,27H2,1-10H3/b28-23+,29-22+/t30-,31-,32+,33+,34-,38+,39+,41-,42-,43+,44-,45-,46+,47+,51-/m1/s1. The first kappa shape index (κ1) is 51.4. The van der Waals surface area contributed by atoms with Gasteiger partial charge in [0, 0.05) is 82.1 Å². The Labute approximate surface area is 389 Å². The van der Waals surface area contributed by atoms with Crippen molar-refractivity contribution in [1.29, 1.82) is 0 Å². The second kappa shape index (κ2) is 22.0. The van der Waals surface area contributed by atoms with Crippen molar-refractivity contribution >= 4 is 34.3 Å². The second-order valence-corrected chi connectivity index (χ2v) is 19.5. The normalized spacial score (nSPS) is 38.0. The number of hydrogen-bond acceptors (Lipinski definition) is 13. The number of Topliss-reactive ketones (excluding diaryl/α,β-unsaturated/α-hetero) is 2. The SMILES string of the molecule is CC[C@@H]1/C=C(\C)[C@@H](O)[C@H](C)[C@H](OC)[C@H]2O[C@@](O)(C(=O)C(=O)N3CCCC[C@H]3C(=O)O[C@H](/C(C)=C/[C@@H]3CC[C@@H](Oc4ccc5c(ccn5C)c4)[C@H](OC)C3)[C@H](C)[C@@H](O)CC1=O)[C@H](C)C[C@@H]2OC. The number of ether oxygens (including phenoxy) is 6. The van der Waals surface area contributed by atoms with Crippen molar-refractivity contribution in [3.05, 3.63) is 53.8 Å². The molecule has 1 aromatic heterocycles. The predicted molar refractivity (Wildman–Crippen MR) is 246 cm³/mol. The number of ketones is 2. The van der Waals surface area contributed by atoms with Crippen LogP contribution in [-0.4, -0.2) is 137 Å². The van der Waals surface area contributed by atoms with Gasteiger partial charge in [0.2, 0.25) is 5.79 Å². The first-order chi connectivity index (χ1) is 31.4. The van der Waals surface area contributed by atoms with Crippen LogP contribution >= 0.6 is 0 Å². The van der Waals surface area contributed by atoms with Gasteiger partial charge in [-0.25, -0.2) is 4.79 Å². The van der Waals surface area contributed by atoms with E-state index in [4.69, 9.17) is 28.4 Å². The number of carbonyl (C=O) groups excluding carboxylic acids is 4. The number of carbonyl (C=O) groups is 4. The molecule has 0 spiro atoms. The van der Waals surface area contributed by atoms with Gasteiger partial charge in [0.15, 0.2) is 0 Å². The molecule has 0 unspecified atom stereocenters. The van der Waals surface area contributed by atoms with Gasteiger partial charge in [-0.05, 0) is 107 Å². The Morgan fingerprint density at radius 1 is 0.924 bits per heavy atom. The third-order valence-corrected chi connectivity index (χ3v) is 15.1. The Morgan fingerprint density at radius 2 is 1.65 bits per heavy atom. The van der Waals surface area contributed by atoms with E-state index in [9.17, 15) is 34.5 Å². The van der Waals surface area contributed by atoms with E-state index in [0.29, 0.717) is 43.3 Å². The molecule has 2 bridgehead atoms. The fourth-order valence-corrected chi connectivity index (χ4v) is 10.8. The van der Waals surface area contributed by atoms with Gasteiger partial charge in [0.1, 0.15) is 35.9 Å². The zero-order chi connectivity index (χ0) is 48.2. The fourth-order valence-electron chi connectivity index (χ4n) is 10.8. The Hall–Kier alpha value is -3.96. The van der Waals surface area contributed by atoms with Crippen LogP contribution in [0.3, 0.4) is 0 Å². The number of nitrogens with zero attached hydrogens (tertiary/aromatic N) is 2. The highest BCUT2D eigenvalue weighted by atomic mass is 16.7. The number of allylic oxidation sites excluding steroid dienone is 2. The van der Waals surface area contributed by atoms with E-state index in [1.807, 2.05) is 57.4 Å². The van der Waals surface area contributed by atoms with Crippen molar-refractivity contribution in [1.82, 2.24) is 9.47 Å². The smallest absolute Gasteiger partial charge is 0.329 e. The second-order valence-electron chi connectivity index (χ2n) is 19.5. The molecule has 0 radical (unpaired) electrons. The molecule has 1 aromatic carbocycles. The van der Waals surface area contributed by atoms with Gasteiger partial charge in [0.25, 0.3) is 11.7 Å². The minimum atomic E-state index is -2.62. The number of methoxy groups -OCH3 is 3. The molecule has 2 aromatic rings. The summed E-state index contributed by atoms with van der Waals surface area (Å²) in [6.45, 7) is 10.5. The van der Waals surface area contributed by atoms with Crippen molar-refractivity contribution in [2.24, 2.45) is 36.6 Å². The lowest BCUT2D eigenvalue weighted by Crippen LogP contribution is -2.65. The molecular weight excluding hydrogens is 849 g/mol. The summed E-state index contributed by atoms with van der Waals surface area (Å²) < 4.78 is 38.8. The molecule has 15 nitrogen and oxygen atoms in total. The van der Waals surface area contributed by atoms with E-state index in [1.165, 1.54) is 19.1 Å². The van der Waals surface area contributed by atoms with Crippen LogP contribution in [0.25, 0.3) is 10.9 Å². The lowest BCUT2D eigenvalue weighted by molar-refractivity contribution is -0.306. The summed E-state index contributed by atoms with van der Waals surface area (Å²) in [5, 5.41) is 36.8. The molecule has 2 saturated heterocycles. The number of esters is 1. The van der Waals surface area contributed by atoms with Gasteiger partial charge in [-0.15, -0.1) is 0 Å². The zero-order valence-corrected chi connectivity index (χ0v) is 40.5. The van der Waals surface area contributed by atoms with Crippen molar-refractivity contribution in [2.75, 3.05) is 27.9 Å². The molecule has 366 valence electrons. The Kier molecular flexibility index (Phi) is 17.1. The summed E-state index contributed by atoms with van der Waals surface area (Å²) in [6.07, 6.45) is 2.77. The first-order valence-electron chi connectivity index (χ1n) is 23.9. The lowest BCUT2D eigenvalue weighted by Gasteiger charge is -2.48. The Bertz CT molecular complexity index is 2100. The van der Waals surface area contributed by atoms with Crippen LogP contribution in [0, 0.1) is 29.6 Å². The van der Waals surface area contributed by atoms with Gasteiger partial charge in [-0.1, -0.05) is 39.8 Å².